The van der Waals surface area contributed by atoms with E-state index in [9.17, 15) is 4.79 Å². The average Bonchev–Trinajstić information content (AvgIpc) is 2.79. The minimum atomic E-state index is -0.808. The topological polar surface area (TPSA) is 70.6 Å². The third kappa shape index (κ3) is 3.52. The SMILES string of the molecule is O=C(O)[C@@H]1C[C@@H](NOCc2ccccc2)CN1. The van der Waals surface area contributed by atoms with Gasteiger partial charge in [0.2, 0.25) is 0 Å². The summed E-state index contributed by atoms with van der Waals surface area (Å²) >= 11 is 0. The Bertz CT molecular complexity index is 369. The standard InChI is InChI=1S/C12H16N2O3/c15-12(16)11-6-10(7-13-11)14-17-8-9-4-2-1-3-5-9/h1-5,10-11,13-14H,6-8H2,(H,15,16)/t10-,11+/m1/s1. The van der Waals surface area contributed by atoms with E-state index in [1.165, 1.54) is 0 Å². The second kappa shape index (κ2) is 5.77. The fraction of sp³-hybridized carbons (Fsp3) is 0.417. The fourth-order valence-corrected chi connectivity index (χ4v) is 1.83. The molecule has 0 bridgehead atoms. The summed E-state index contributed by atoms with van der Waals surface area (Å²) in [6, 6.07) is 9.41. The van der Waals surface area contributed by atoms with Crippen molar-refractivity contribution >= 4 is 5.97 Å². The largest absolute Gasteiger partial charge is 0.480 e. The first kappa shape index (κ1) is 12.0. The van der Waals surface area contributed by atoms with Gasteiger partial charge in [0.15, 0.2) is 0 Å². The summed E-state index contributed by atoms with van der Waals surface area (Å²) in [7, 11) is 0. The molecule has 1 aromatic carbocycles. The van der Waals surface area contributed by atoms with Crippen LogP contribution in [0.25, 0.3) is 0 Å². The van der Waals surface area contributed by atoms with Gasteiger partial charge in [-0.05, 0) is 12.0 Å². The zero-order valence-electron chi connectivity index (χ0n) is 9.43. The number of hydrogen-bond acceptors (Lipinski definition) is 4. The average molecular weight is 236 g/mol. The zero-order valence-corrected chi connectivity index (χ0v) is 9.43. The molecule has 1 fully saturated rings. The molecule has 0 saturated carbocycles. The molecule has 1 aliphatic rings. The Morgan fingerprint density at radius 3 is 2.88 bits per heavy atom. The van der Waals surface area contributed by atoms with E-state index in [-0.39, 0.29) is 6.04 Å². The first-order valence-corrected chi connectivity index (χ1v) is 5.63. The monoisotopic (exact) mass is 236 g/mol. The van der Waals surface area contributed by atoms with E-state index < -0.39 is 12.0 Å². The molecule has 92 valence electrons. The van der Waals surface area contributed by atoms with Gasteiger partial charge >= 0.3 is 5.97 Å². The first-order chi connectivity index (χ1) is 8.25. The van der Waals surface area contributed by atoms with Crippen LogP contribution in [0.2, 0.25) is 0 Å². The van der Waals surface area contributed by atoms with Crippen molar-refractivity contribution in [2.24, 2.45) is 0 Å². The van der Waals surface area contributed by atoms with E-state index in [1.807, 2.05) is 30.3 Å². The number of carboxylic acids is 1. The highest BCUT2D eigenvalue weighted by Gasteiger charge is 2.28. The zero-order chi connectivity index (χ0) is 12.1. The Morgan fingerprint density at radius 1 is 1.47 bits per heavy atom. The Balaban J connectivity index is 1.68. The summed E-state index contributed by atoms with van der Waals surface area (Å²) in [5.41, 5.74) is 3.97. The Hall–Kier alpha value is -1.43. The second-order valence-electron chi connectivity index (χ2n) is 4.12. The maximum absolute atomic E-state index is 10.7. The van der Waals surface area contributed by atoms with E-state index >= 15 is 0 Å². The molecule has 1 aliphatic heterocycles. The number of hydrogen-bond donors (Lipinski definition) is 3. The van der Waals surface area contributed by atoms with Crippen LogP contribution >= 0.6 is 0 Å². The third-order valence-corrected chi connectivity index (χ3v) is 2.76. The summed E-state index contributed by atoms with van der Waals surface area (Å²) in [6.45, 7) is 1.10. The van der Waals surface area contributed by atoms with Crippen molar-refractivity contribution in [2.75, 3.05) is 6.54 Å². The molecule has 0 aromatic heterocycles. The lowest BCUT2D eigenvalue weighted by Crippen LogP contribution is -2.31. The Labute approximate surface area is 99.7 Å². The van der Waals surface area contributed by atoms with Crippen LogP contribution in [0.5, 0.6) is 0 Å². The molecule has 3 N–H and O–H groups in total. The normalized spacial score (nSPS) is 23.8. The van der Waals surface area contributed by atoms with Gasteiger partial charge < -0.3 is 10.4 Å². The molecular weight excluding hydrogens is 220 g/mol. The highest BCUT2D eigenvalue weighted by atomic mass is 16.6. The van der Waals surface area contributed by atoms with Crippen LogP contribution in [-0.4, -0.2) is 29.7 Å². The predicted molar refractivity (Wildman–Crippen MR) is 62.2 cm³/mol. The van der Waals surface area contributed by atoms with Gasteiger partial charge in [0, 0.05) is 12.6 Å². The van der Waals surface area contributed by atoms with Crippen LogP contribution in [0.1, 0.15) is 12.0 Å². The number of hydroxylamine groups is 1. The molecule has 0 unspecified atom stereocenters. The number of carboxylic acid groups (broad SMARTS) is 1. The van der Waals surface area contributed by atoms with E-state index in [0.29, 0.717) is 19.6 Å². The van der Waals surface area contributed by atoms with Crippen molar-refractivity contribution in [3.63, 3.8) is 0 Å². The van der Waals surface area contributed by atoms with Gasteiger partial charge in [-0.15, -0.1) is 0 Å². The highest BCUT2D eigenvalue weighted by molar-refractivity contribution is 5.73. The number of aliphatic carboxylic acids is 1. The van der Waals surface area contributed by atoms with Crippen molar-refractivity contribution in [2.45, 2.75) is 25.1 Å². The predicted octanol–water partition coefficient (Wildman–Crippen LogP) is 0.523. The van der Waals surface area contributed by atoms with Gasteiger partial charge in [0.1, 0.15) is 6.04 Å². The van der Waals surface area contributed by atoms with Crippen molar-refractivity contribution in [3.05, 3.63) is 35.9 Å². The Morgan fingerprint density at radius 2 is 2.24 bits per heavy atom. The summed E-state index contributed by atoms with van der Waals surface area (Å²) in [5.74, 6) is -0.808. The molecular formula is C12H16N2O3. The summed E-state index contributed by atoms with van der Waals surface area (Å²) in [6.07, 6.45) is 0.546. The lowest BCUT2D eigenvalue weighted by molar-refractivity contribution is -0.139. The van der Waals surface area contributed by atoms with Crippen molar-refractivity contribution < 1.29 is 14.7 Å². The van der Waals surface area contributed by atoms with E-state index in [4.69, 9.17) is 9.94 Å². The van der Waals surface area contributed by atoms with Crippen molar-refractivity contribution in [3.8, 4) is 0 Å². The van der Waals surface area contributed by atoms with Crippen molar-refractivity contribution in [1.29, 1.82) is 0 Å². The van der Waals surface area contributed by atoms with E-state index in [1.54, 1.807) is 0 Å². The molecule has 2 rings (SSSR count). The maximum Gasteiger partial charge on any atom is 0.320 e. The lowest BCUT2D eigenvalue weighted by atomic mass is 10.2. The fourth-order valence-electron chi connectivity index (χ4n) is 1.83. The van der Waals surface area contributed by atoms with Crippen molar-refractivity contribution in [1.82, 2.24) is 10.8 Å². The van der Waals surface area contributed by atoms with Crippen LogP contribution in [-0.2, 0) is 16.2 Å². The van der Waals surface area contributed by atoms with Crippen LogP contribution in [0.3, 0.4) is 0 Å². The molecule has 0 amide bonds. The minimum Gasteiger partial charge on any atom is -0.480 e. The maximum atomic E-state index is 10.7. The van der Waals surface area contributed by atoms with Crippen LogP contribution < -0.4 is 10.8 Å². The van der Waals surface area contributed by atoms with E-state index in [2.05, 4.69) is 10.8 Å². The first-order valence-electron chi connectivity index (χ1n) is 5.63. The molecule has 0 radical (unpaired) electrons. The summed E-state index contributed by atoms with van der Waals surface area (Å²) in [5, 5.41) is 11.7. The van der Waals surface area contributed by atoms with Gasteiger partial charge in [-0.1, -0.05) is 30.3 Å². The molecule has 17 heavy (non-hydrogen) atoms. The van der Waals surface area contributed by atoms with E-state index in [0.717, 1.165) is 5.56 Å². The summed E-state index contributed by atoms with van der Waals surface area (Å²) in [4.78, 5) is 16.1. The number of rotatable bonds is 5. The molecule has 5 heteroatoms. The van der Waals surface area contributed by atoms with Crippen LogP contribution in [0.15, 0.2) is 30.3 Å². The molecule has 5 nitrogen and oxygen atoms in total. The number of carbonyl (C=O) groups is 1. The molecule has 0 spiro atoms. The Kier molecular flexibility index (Phi) is 4.08. The third-order valence-electron chi connectivity index (χ3n) is 2.76. The second-order valence-corrected chi connectivity index (χ2v) is 4.12. The van der Waals surface area contributed by atoms with Gasteiger partial charge in [0.05, 0.1) is 6.61 Å². The van der Waals surface area contributed by atoms with Crippen LogP contribution in [0.4, 0.5) is 0 Å². The quantitative estimate of drug-likeness (QED) is 0.650. The minimum absolute atomic E-state index is 0.0554. The van der Waals surface area contributed by atoms with Crippen LogP contribution in [0, 0.1) is 0 Å². The number of benzene rings is 1. The summed E-state index contributed by atoms with van der Waals surface area (Å²) < 4.78 is 0. The van der Waals surface area contributed by atoms with Gasteiger partial charge in [-0.3, -0.25) is 9.63 Å². The van der Waals surface area contributed by atoms with Gasteiger partial charge in [0.25, 0.3) is 0 Å². The lowest BCUT2D eigenvalue weighted by Gasteiger charge is -2.11. The molecule has 1 aromatic rings. The highest BCUT2D eigenvalue weighted by Crippen LogP contribution is 2.07. The molecule has 1 saturated heterocycles. The molecule has 2 atom stereocenters. The smallest absolute Gasteiger partial charge is 0.320 e. The molecule has 1 heterocycles. The number of nitrogens with one attached hydrogen (secondary N) is 2. The van der Waals surface area contributed by atoms with Gasteiger partial charge in [-0.25, -0.2) is 0 Å². The van der Waals surface area contributed by atoms with Gasteiger partial charge in [-0.2, -0.15) is 5.48 Å². The molecule has 0 aliphatic carbocycles.